The van der Waals surface area contributed by atoms with E-state index < -0.39 is 0 Å². The minimum Gasteiger partial charge on any atom is -0.342 e. The summed E-state index contributed by atoms with van der Waals surface area (Å²) in [7, 11) is 1.99. The van der Waals surface area contributed by atoms with E-state index in [2.05, 4.69) is 24.1 Å². The summed E-state index contributed by atoms with van der Waals surface area (Å²) in [4.78, 5) is 14.4. The Morgan fingerprint density at radius 1 is 1.25 bits per heavy atom. The molecule has 0 aromatic rings. The van der Waals surface area contributed by atoms with Crippen LogP contribution in [0.3, 0.4) is 0 Å². The first-order chi connectivity index (χ1) is 7.57. The van der Waals surface area contributed by atoms with Gasteiger partial charge in [0.15, 0.2) is 0 Å². The maximum absolute atomic E-state index is 12.4. The van der Waals surface area contributed by atoms with Crippen LogP contribution in [0.15, 0.2) is 0 Å². The van der Waals surface area contributed by atoms with Crippen LogP contribution in [0.4, 0.5) is 0 Å². The predicted octanol–water partition coefficient (Wildman–Crippen LogP) is 1.63. The summed E-state index contributed by atoms with van der Waals surface area (Å²) in [5, 5.41) is 3.31. The highest BCUT2D eigenvalue weighted by Gasteiger charge is 2.51. The van der Waals surface area contributed by atoms with E-state index >= 15 is 0 Å². The lowest BCUT2D eigenvalue weighted by atomic mass is 9.58. The average Bonchev–Trinajstić information content (AvgIpc) is 2.29. The number of carbonyl (C=O) groups excluding carboxylic acids is 1. The van der Waals surface area contributed by atoms with Gasteiger partial charge in [0.05, 0.1) is 0 Å². The Balaban J connectivity index is 1.96. The molecule has 0 aromatic heterocycles. The highest BCUT2D eigenvalue weighted by atomic mass is 16.2. The molecule has 0 aromatic carbocycles. The van der Waals surface area contributed by atoms with Crippen molar-refractivity contribution >= 4 is 5.91 Å². The van der Waals surface area contributed by atoms with E-state index in [1.54, 1.807) is 0 Å². The first kappa shape index (κ1) is 11.9. The van der Waals surface area contributed by atoms with Gasteiger partial charge in [-0.2, -0.15) is 0 Å². The molecule has 2 fully saturated rings. The van der Waals surface area contributed by atoms with E-state index in [9.17, 15) is 4.79 Å². The number of carbonyl (C=O) groups is 1. The van der Waals surface area contributed by atoms with Gasteiger partial charge in [-0.25, -0.2) is 0 Å². The van der Waals surface area contributed by atoms with E-state index in [1.165, 1.54) is 19.3 Å². The highest BCUT2D eigenvalue weighted by molar-refractivity contribution is 5.81. The van der Waals surface area contributed by atoms with Gasteiger partial charge in [0, 0.05) is 25.0 Å². The molecular formula is C13H24N2O. The summed E-state index contributed by atoms with van der Waals surface area (Å²) in [5.41, 5.74) is 0.128. The van der Waals surface area contributed by atoms with Crippen LogP contribution in [0.5, 0.6) is 0 Å². The fourth-order valence-corrected chi connectivity index (χ4v) is 3.17. The number of rotatable bonds is 2. The third-order valence-electron chi connectivity index (χ3n) is 4.58. The molecule has 2 atom stereocenters. The summed E-state index contributed by atoms with van der Waals surface area (Å²) in [5.74, 6) is 0.638. The highest BCUT2D eigenvalue weighted by Crippen LogP contribution is 2.47. The molecule has 92 valence electrons. The largest absolute Gasteiger partial charge is 0.342 e. The van der Waals surface area contributed by atoms with Crippen molar-refractivity contribution < 1.29 is 4.79 Å². The Hall–Kier alpha value is -0.570. The van der Waals surface area contributed by atoms with E-state index in [0.717, 1.165) is 19.5 Å². The zero-order chi connectivity index (χ0) is 11.8. The molecule has 2 rings (SSSR count). The topological polar surface area (TPSA) is 32.3 Å². The number of nitrogens with one attached hydrogen (secondary N) is 1. The standard InChI is InChI=1S/C13H24N2O/c1-13(2)10(9-11(13)14-3)12(16)15-7-5-4-6-8-15/h10-11,14H,4-9H2,1-3H3. The Morgan fingerprint density at radius 2 is 1.88 bits per heavy atom. The van der Waals surface area contributed by atoms with E-state index in [0.29, 0.717) is 11.9 Å². The Labute approximate surface area is 98.6 Å². The summed E-state index contributed by atoms with van der Waals surface area (Å²) in [6.07, 6.45) is 4.68. The lowest BCUT2D eigenvalue weighted by Crippen LogP contribution is -2.61. The number of nitrogens with zero attached hydrogens (tertiary/aromatic N) is 1. The van der Waals surface area contributed by atoms with Gasteiger partial charge in [-0.15, -0.1) is 0 Å². The summed E-state index contributed by atoms with van der Waals surface area (Å²) in [6, 6.07) is 0.506. The van der Waals surface area contributed by atoms with Crippen LogP contribution in [0.25, 0.3) is 0 Å². The van der Waals surface area contributed by atoms with Crippen molar-refractivity contribution in [3.05, 3.63) is 0 Å². The second-order valence-electron chi connectivity index (χ2n) is 5.84. The fourth-order valence-electron chi connectivity index (χ4n) is 3.17. The average molecular weight is 224 g/mol. The fraction of sp³-hybridized carbons (Fsp3) is 0.923. The quantitative estimate of drug-likeness (QED) is 0.773. The van der Waals surface area contributed by atoms with Gasteiger partial charge in [0.2, 0.25) is 5.91 Å². The van der Waals surface area contributed by atoms with Crippen LogP contribution in [-0.2, 0) is 4.79 Å². The Kier molecular flexibility index (Phi) is 3.24. The van der Waals surface area contributed by atoms with Gasteiger partial charge in [-0.3, -0.25) is 4.79 Å². The number of piperidine rings is 1. The summed E-state index contributed by atoms with van der Waals surface area (Å²) in [6.45, 7) is 6.39. The molecule has 3 heteroatoms. The molecule has 1 saturated heterocycles. The molecule has 0 radical (unpaired) electrons. The first-order valence-electron chi connectivity index (χ1n) is 6.53. The molecule has 1 aliphatic heterocycles. The minimum absolute atomic E-state index is 0.128. The van der Waals surface area contributed by atoms with Gasteiger partial charge in [-0.1, -0.05) is 13.8 Å². The maximum Gasteiger partial charge on any atom is 0.226 e. The Bertz CT molecular complexity index is 269. The lowest BCUT2D eigenvalue weighted by Gasteiger charge is -2.52. The first-order valence-corrected chi connectivity index (χ1v) is 6.53. The van der Waals surface area contributed by atoms with Gasteiger partial charge >= 0.3 is 0 Å². The van der Waals surface area contributed by atoms with Gasteiger partial charge < -0.3 is 10.2 Å². The van der Waals surface area contributed by atoms with Crippen LogP contribution >= 0.6 is 0 Å². The normalized spacial score (nSPS) is 33.3. The van der Waals surface area contributed by atoms with Crippen molar-refractivity contribution in [2.24, 2.45) is 11.3 Å². The zero-order valence-corrected chi connectivity index (χ0v) is 10.8. The Morgan fingerprint density at radius 3 is 2.38 bits per heavy atom. The number of amides is 1. The van der Waals surface area contributed by atoms with Crippen molar-refractivity contribution in [1.82, 2.24) is 10.2 Å². The SMILES string of the molecule is CNC1CC(C(=O)N2CCCCC2)C1(C)C. The molecular weight excluding hydrogens is 200 g/mol. The molecule has 0 bridgehead atoms. The predicted molar refractivity (Wildman–Crippen MR) is 65.2 cm³/mol. The number of hydrogen-bond donors (Lipinski definition) is 1. The van der Waals surface area contributed by atoms with Crippen molar-refractivity contribution in [3.8, 4) is 0 Å². The third-order valence-corrected chi connectivity index (χ3v) is 4.58. The molecule has 2 unspecified atom stereocenters. The van der Waals surface area contributed by atoms with Crippen LogP contribution in [0, 0.1) is 11.3 Å². The smallest absolute Gasteiger partial charge is 0.226 e. The minimum atomic E-state index is 0.128. The molecule has 1 aliphatic carbocycles. The van der Waals surface area contributed by atoms with E-state index in [-0.39, 0.29) is 11.3 Å². The van der Waals surface area contributed by atoms with E-state index in [1.807, 2.05) is 7.05 Å². The lowest BCUT2D eigenvalue weighted by molar-refractivity contribution is -0.149. The molecule has 16 heavy (non-hydrogen) atoms. The molecule has 0 spiro atoms. The third kappa shape index (κ3) is 1.86. The number of hydrogen-bond acceptors (Lipinski definition) is 2. The van der Waals surface area contributed by atoms with Crippen molar-refractivity contribution in [2.75, 3.05) is 20.1 Å². The van der Waals surface area contributed by atoms with Crippen molar-refractivity contribution in [1.29, 1.82) is 0 Å². The van der Waals surface area contributed by atoms with Gasteiger partial charge in [0.1, 0.15) is 0 Å². The molecule has 1 N–H and O–H groups in total. The summed E-state index contributed by atoms with van der Waals surface area (Å²) < 4.78 is 0. The molecule has 2 aliphatic rings. The van der Waals surface area contributed by atoms with Crippen molar-refractivity contribution in [3.63, 3.8) is 0 Å². The number of likely N-dealkylation sites (tertiary alicyclic amines) is 1. The zero-order valence-electron chi connectivity index (χ0n) is 10.8. The van der Waals surface area contributed by atoms with Gasteiger partial charge in [0.25, 0.3) is 0 Å². The van der Waals surface area contributed by atoms with E-state index in [4.69, 9.17) is 0 Å². The second-order valence-corrected chi connectivity index (χ2v) is 5.84. The molecule has 1 saturated carbocycles. The molecule has 3 nitrogen and oxygen atoms in total. The maximum atomic E-state index is 12.4. The molecule has 1 heterocycles. The molecule has 1 amide bonds. The van der Waals surface area contributed by atoms with Crippen molar-refractivity contribution in [2.45, 2.75) is 45.6 Å². The van der Waals surface area contributed by atoms with Crippen LogP contribution in [0.1, 0.15) is 39.5 Å². The van der Waals surface area contributed by atoms with Crippen LogP contribution in [-0.4, -0.2) is 37.0 Å². The van der Waals surface area contributed by atoms with Crippen LogP contribution < -0.4 is 5.32 Å². The van der Waals surface area contributed by atoms with Gasteiger partial charge in [-0.05, 0) is 38.1 Å². The monoisotopic (exact) mass is 224 g/mol. The second kappa shape index (κ2) is 4.36. The summed E-state index contributed by atoms with van der Waals surface area (Å²) >= 11 is 0. The van der Waals surface area contributed by atoms with Crippen LogP contribution in [0.2, 0.25) is 0 Å².